The highest BCUT2D eigenvalue weighted by Gasteiger charge is 2.05. The smallest absolute Gasteiger partial charge is 0.250 e. The molecule has 0 saturated heterocycles. The average Bonchev–Trinajstić information content (AvgIpc) is 2.23. The third kappa shape index (κ3) is 4.49. The Morgan fingerprint density at radius 2 is 2.31 bits per heavy atom. The number of nitrogens with two attached hydrogens (primary N) is 1. The second-order valence-electron chi connectivity index (χ2n) is 3.01. The quantitative estimate of drug-likeness (QED) is 0.818. The fraction of sp³-hybridized carbons (Fsp3) is 0.300. The first-order valence-electron chi connectivity index (χ1n) is 4.66. The molecule has 0 saturated carbocycles. The van der Waals surface area contributed by atoms with Crippen molar-refractivity contribution < 1.29 is 9.53 Å². The summed E-state index contributed by atoms with van der Waals surface area (Å²) >= 11 is 9.21. The van der Waals surface area contributed by atoms with Gasteiger partial charge in [-0.3, -0.25) is 4.79 Å². The van der Waals surface area contributed by atoms with E-state index in [4.69, 9.17) is 22.1 Å². The summed E-state index contributed by atoms with van der Waals surface area (Å²) in [4.78, 5) is 11.4. The Bertz CT molecular complexity index is 374. The standard InChI is InChI=1S/C10H12BrClN2O2/c11-7-1-2-9(8(12)5-7)14-10(15)6-16-4-3-13/h1-2,5H,3-4,6,13H2,(H,14,15). The van der Waals surface area contributed by atoms with Gasteiger partial charge in [-0.1, -0.05) is 27.5 Å². The van der Waals surface area contributed by atoms with Gasteiger partial charge in [-0.2, -0.15) is 0 Å². The van der Waals surface area contributed by atoms with Gasteiger partial charge in [-0.25, -0.2) is 0 Å². The van der Waals surface area contributed by atoms with Crippen LogP contribution >= 0.6 is 27.5 Å². The second kappa shape index (κ2) is 6.85. The van der Waals surface area contributed by atoms with Crippen LogP contribution in [0.3, 0.4) is 0 Å². The lowest BCUT2D eigenvalue weighted by molar-refractivity contribution is -0.120. The monoisotopic (exact) mass is 306 g/mol. The van der Waals surface area contributed by atoms with Crippen LogP contribution in [0.1, 0.15) is 0 Å². The van der Waals surface area contributed by atoms with Crippen molar-refractivity contribution in [3.05, 3.63) is 27.7 Å². The molecule has 4 nitrogen and oxygen atoms in total. The highest BCUT2D eigenvalue weighted by molar-refractivity contribution is 9.10. The molecule has 0 bridgehead atoms. The van der Waals surface area contributed by atoms with E-state index in [-0.39, 0.29) is 12.5 Å². The molecule has 0 unspecified atom stereocenters. The summed E-state index contributed by atoms with van der Waals surface area (Å²) in [6, 6.07) is 5.22. The van der Waals surface area contributed by atoms with Crippen molar-refractivity contribution >= 4 is 39.1 Å². The highest BCUT2D eigenvalue weighted by Crippen LogP contribution is 2.25. The van der Waals surface area contributed by atoms with Gasteiger partial charge in [0.1, 0.15) is 6.61 Å². The van der Waals surface area contributed by atoms with Gasteiger partial charge in [0.15, 0.2) is 0 Å². The van der Waals surface area contributed by atoms with Gasteiger partial charge < -0.3 is 15.8 Å². The number of carbonyl (C=O) groups excluding carboxylic acids is 1. The zero-order valence-electron chi connectivity index (χ0n) is 8.50. The Morgan fingerprint density at radius 3 is 2.94 bits per heavy atom. The average molecular weight is 308 g/mol. The van der Waals surface area contributed by atoms with Crippen molar-refractivity contribution in [3.63, 3.8) is 0 Å². The minimum absolute atomic E-state index is 0.0242. The number of rotatable bonds is 5. The molecule has 16 heavy (non-hydrogen) atoms. The Labute approximate surface area is 107 Å². The molecule has 0 heterocycles. The predicted octanol–water partition coefficient (Wildman–Crippen LogP) is 2.02. The molecule has 0 fully saturated rings. The van der Waals surface area contributed by atoms with Crippen LogP contribution in [0.15, 0.2) is 22.7 Å². The SMILES string of the molecule is NCCOCC(=O)Nc1ccc(Br)cc1Cl. The van der Waals surface area contributed by atoms with Crippen molar-refractivity contribution in [2.75, 3.05) is 25.1 Å². The highest BCUT2D eigenvalue weighted by atomic mass is 79.9. The lowest BCUT2D eigenvalue weighted by Gasteiger charge is -2.07. The maximum Gasteiger partial charge on any atom is 0.250 e. The summed E-state index contributed by atoms with van der Waals surface area (Å²) < 4.78 is 5.85. The van der Waals surface area contributed by atoms with Crippen LogP contribution in [0.25, 0.3) is 0 Å². The summed E-state index contributed by atoms with van der Waals surface area (Å²) in [7, 11) is 0. The van der Waals surface area contributed by atoms with Crippen LogP contribution < -0.4 is 11.1 Å². The van der Waals surface area contributed by atoms with Crippen LogP contribution in [-0.2, 0) is 9.53 Å². The third-order valence-corrected chi connectivity index (χ3v) is 2.51. The fourth-order valence-electron chi connectivity index (χ4n) is 1.03. The number of halogens is 2. The van der Waals surface area contributed by atoms with Gasteiger partial charge in [-0.15, -0.1) is 0 Å². The van der Waals surface area contributed by atoms with Gasteiger partial charge in [0.05, 0.1) is 17.3 Å². The van der Waals surface area contributed by atoms with Crippen LogP contribution in [0.4, 0.5) is 5.69 Å². The van der Waals surface area contributed by atoms with E-state index >= 15 is 0 Å². The van der Waals surface area contributed by atoms with Crippen molar-refractivity contribution in [1.29, 1.82) is 0 Å². The molecule has 1 aromatic rings. The number of hydrogen-bond donors (Lipinski definition) is 2. The van der Waals surface area contributed by atoms with Gasteiger partial charge in [-0.05, 0) is 18.2 Å². The number of anilines is 1. The molecular weight excluding hydrogens is 295 g/mol. The van der Waals surface area contributed by atoms with Crippen molar-refractivity contribution in [2.45, 2.75) is 0 Å². The Hall–Kier alpha value is -0.620. The minimum Gasteiger partial charge on any atom is -0.370 e. The van der Waals surface area contributed by atoms with E-state index < -0.39 is 0 Å². The zero-order valence-corrected chi connectivity index (χ0v) is 10.8. The molecule has 0 spiro atoms. The van der Waals surface area contributed by atoms with Crippen molar-refractivity contribution in [1.82, 2.24) is 0 Å². The molecule has 0 atom stereocenters. The van der Waals surface area contributed by atoms with Crippen molar-refractivity contribution in [3.8, 4) is 0 Å². The van der Waals surface area contributed by atoms with E-state index in [1.165, 1.54) is 0 Å². The van der Waals surface area contributed by atoms with E-state index in [9.17, 15) is 4.79 Å². The normalized spacial score (nSPS) is 10.2. The summed E-state index contributed by atoms with van der Waals surface area (Å²) in [6.07, 6.45) is 0. The molecule has 1 amide bonds. The summed E-state index contributed by atoms with van der Waals surface area (Å²) in [6.45, 7) is 0.734. The summed E-state index contributed by atoms with van der Waals surface area (Å²) in [5.74, 6) is -0.252. The van der Waals surface area contributed by atoms with Gasteiger partial charge >= 0.3 is 0 Å². The number of nitrogens with one attached hydrogen (secondary N) is 1. The third-order valence-electron chi connectivity index (χ3n) is 1.70. The lowest BCUT2D eigenvalue weighted by Crippen LogP contribution is -2.20. The molecule has 0 radical (unpaired) electrons. The number of benzene rings is 1. The molecule has 3 N–H and O–H groups in total. The van der Waals surface area contributed by atoms with E-state index in [0.717, 1.165) is 4.47 Å². The maximum absolute atomic E-state index is 11.4. The number of ether oxygens (including phenoxy) is 1. The summed E-state index contributed by atoms with van der Waals surface area (Å²) in [5.41, 5.74) is 5.79. The second-order valence-corrected chi connectivity index (χ2v) is 4.34. The topological polar surface area (TPSA) is 64.3 Å². The summed E-state index contributed by atoms with van der Waals surface area (Å²) in [5, 5.41) is 3.11. The molecule has 0 aliphatic heterocycles. The van der Waals surface area contributed by atoms with Crippen LogP contribution in [0, 0.1) is 0 Å². The number of hydrogen-bond acceptors (Lipinski definition) is 3. The van der Waals surface area contributed by atoms with Gasteiger partial charge in [0.25, 0.3) is 0 Å². The van der Waals surface area contributed by atoms with Crippen LogP contribution in [0.2, 0.25) is 5.02 Å². The van der Waals surface area contributed by atoms with E-state index in [1.807, 2.05) is 0 Å². The lowest BCUT2D eigenvalue weighted by atomic mass is 10.3. The molecule has 6 heteroatoms. The molecule has 88 valence electrons. The van der Waals surface area contributed by atoms with Crippen molar-refractivity contribution in [2.24, 2.45) is 5.73 Å². The Balaban J connectivity index is 2.49. The molecule has 0 aliphatic carbocycles. The molecule has 1 aromatic carbocycles. The minimum atomic E-state index is -0.252. The molecular formula is C10H12BrClN2O2. The Morgan fingerprint density at radius 1 is 1.56 bits per heavy atom. The molecule has 0 aromatic heterocycles. The van der Waals surface area contributed by atoms with E-state index in [1.54, 1.807) is 18.2 Å². The van der Waals surface area contributed by atoms with E-state index in [2.05, 4.69) is 21.2 Å². The molecule has 0 aliphatic rings. The molecule has 1 rings (SSSR count). The zero-order chi connectivity index (χ0) is 12.0. The predicted molar refractivity (Wildman–Crippen MR) is 67.7 cm³/mol. The first-order valence-corrected chi connectivity index (χ1v) is 5.83. The van der Waals surface area contributed by atoms with Crippen LogP contribution in [-0.4, -0.2) is 25.7 Å². The first-order chi connectivity index (χ1) is 7.63. The maximum atomic E-state index is 11.4. The number of carbonyl (C=O) groups is 1. The van der Waals surface area contributed by atoms with Gasteiger partial charge in [0.2, 0.25) is 5.91 Å². The van der Waals surface area contributed by atoms with Gasteiger partial charge in [0, 0.05) is 11.0 Å². The first kappa shape index (κ1) is 13.4. The Kier molecular flexibility index (Phi) is 5.76. The van der Waals surface area contributed by atoms with E-state index in [0.29, 0.717) is 23.9 Å². The largest absolute Gasteiger partial charge is 0.370 e. The van der Waals surface area contributed by atoms with Crippen LogP contribution in [0.5, 0.6) is 0 Å². The fourth-order valence-corrected chi connectivity index (χ4v) is 1.75. The number of amides is 1.